The molecule has 0 radical (unpaired) electrons. The summed E-state index contributed by atoms with van der Waals surface area (Å²) in [6.07, 6.45) is 1.77. The maximum Gasteiger partial charge on any atom is 0.325 e. The van der Waals surface area contributed by atoms with Crippen molar-refractivity contribution in [2.45, 2.75) is 64.0 Å². The van der Waals surface area contributed by atoms with Crippen molar-refractivity contribution in [3.63, 3.8) is 0 Å². The molecule has 1 aromatic rings. The van der Waals surface area contributed by atoms with E-state index >= 15 is 0 Å². The molecule has 2 fully saturated rings. The van der Waals surface area contributed by atoms with Crippen molar-refractivity contribution in [2.75, 3.05) is 6.54 Å². The highest BCUT2D eigenvalue weighted by atomic mass is 16.2. The Bertz CT molecular complexity index is 892. The van der Waals surface area contributed by atoms with Gasteiger partial charge in [0, 0.05) is 0 Å². The summed E-state index contributed by atoms with van der Waals surface area (Å²) in [7, 11) is 0. The molecular weight excluding hydrogens is 368 g/mol. The standard InChI is InChI=1S/C22H28N4O3/c1-20(2,3)14-6-10-16(11-7-14)22(5)18(28)26(19(29)25-22)12-17(27)24-21(4,13-23)15-8-9-15/h6-7,10-11,15H,8-9,12H2,1-5H3,(H,24,27)(H,25,29). The van der Waals surface area contributed by atoms with Crippen molar-refractivity contribution in [3.05, 3.63) is 35.4 Å². The summed E-state index contributed by atoms with van der Waals surface area (Å²) < 4.78 is 0. The Balaban J connectivity index is 1.75. The molecule has 2 aliphatic rings. The summed E-state index contributed by atoms with van der Waals surface area (Å²) >= 11 is 0. The van der Waals surface area contributed by atoms with Crippen LogP contribution in [0.5, 0.6) is 0 Å². The fourth-order valence-electron chi connectivity index (χ4n) is 3.69. The largest absolute Gasteiger partial charge is 0.336 e. The second-order valence-electron chi connectivity index (χ2n) is 9.41. The summed E-state index contributed by atoms with van der Waals surface area (Å²) in [6.45, 7) is 9.20. The van der Waals surface area contributed by atoms with Gasteiger partial charge in [-0.1, -0.05) is 45.0 Å². The number of urea groups is 1. The van der Waals surface area contributed by atoms with E-state index in [1.165, 1.54) is 0 Å². The van der Waals surface area contributed by atoms with Crippen molar-refractivity contribution >= 4 is 17.8 Å². The van der Waals surface area contributed by atoms with Crippen LogP contribution in [0.25, 0.3) is 0 Å². The van der Waals surface area contributed by atoms with Gasteiger partial charge in [0.1, 0.15) is 17.6 Å². The average Bonchev–Trinajstić information content (AvgIpc) is 3.47. The highest BCUT2D eigenvalue weighted by molar-refractivity contribution is 6.09. The number of nitriles is 1. The van der Waals surface area contributed by atoms with Gasteiger partial charge in [-0.25, -0.2) is 4.79 Å². The number of amides is 4. The number of carbonyl (C=O) groups excluding carboxylic acids is 3. The van der Waals surface area contributed by atoms with Gasteiger partial charge in [-0.15, -0.1) is 0 Å². The van der Waals surface area contributed by atoms with Gasteiger partial charge >= 0.3 is 6.03 Å². The molecule has 2 N–H and O–H groups in total. The lowest BCUT2D eigenvalue weighted by Crippen LogP contribution is -2.51. The number of nitrogens with one attached hydrogen (secondary N) is 2. The molecular formula is C22H28N4O3. The normalized spacial score (nSPS) is 23.9. The topological polar surface area (TPSA) is 102 Å². The van der Waals surface area contributed by atoms with E-state index in [1.54, 1.807) is 13.8 Å². The predicted octanol–water partition coefficient (Wildman–Crippen LogP) is 2.56. The fourth-order valence-corrected chi connectivity index (χ4v) is 3.69. The average molecular weight is 396 g/mol. The minimum atomic E-state index is -1.23. The summed E-state index contributed by atoms with van der Waals surface area (Å²) in [5, 5.41) is 14.8. The van der Waals surface area contributed by atoms with Crippen LogP contribution in [0, 0.1) is 17.2 Å². The summed E-state index contributed by atoms with van der Waals surface area (Å²) in [4.78, 5) is 38.9. The van der Waals surface area contributed by atoms with Crippen LogP contribution in [0.3, 0.4) is 0 Å². The Morgan fingerprint density at radius 2 is 1.83 bits per heavy atom. The number of rotatable bonds is 5. The molecule has 0 spiro atoms. The van der Waals surface area contributed by atoms with Gasteiger partial charge < -0.3 is 10.6 Å². The first-order valence-electron chi connectivity index (χ1n) is 9.88. The number of hydrogen-bond acceptors (Lipinski definition) is 4. The molecule has 2 atom stereocenters. The van der Waals surface area contributed by atoms with Crippen LogP contribution >= 0.6 is 0 Å². The molecule has 154 valence electrons. The van der Waals surface area contributed by atoms with Crippen molar-refractivity contribution in [1.29, 1.82) is 5.26 Å². The van der Waals surface area contributed by atoms with Crippen LogP contribution < -0.4 is 10.6 Å². The number of benzene rings is 1. The minimum absolute atomic E-state index is 0.0263. The third-order valence-corrected chi connectivity index (χ3v) is 5.93. The minimum Gasteiger partial charge on any atom is -0.336 e. The lowest BCUT2D eigenvalue weighted by molar-refractivity contribution is -0.135. The zero-order valence-electron chi connectivity index (χ0n) is 17.6. The molecule has 4 amide bonds. The van der Waals surface area contributed by atoms with Crippen molar-refractivity contribution in [1.82, 2.24) is 15.5 Å². The van der Waals surface area contributed by atoms with Crippen LogP contribution in [-0.2, 0) is 20.5 Å². The first-order chi connectivity index (χ1) is 13.4. The van der Waals surface area contributed by atoms with E-state index in [0.717, 1.165) is 23.3 Å². The van der Waals surface area contributed by atoms with E-state index in [1.807, 2.05) is 24.3 Å². The Morgan fingerprint density at radius 3 is 2.31 bits per heavy atom. The van der Waals surface area contributed by atoms with Gasteiger partial charge in [0.05, 0.1) is 6.07 Å². The van der Waals surface area contributed by atoms with Crippen LogP contribution in [-0.4, -0.2) is 34.8 Å². The maximum absolute atomic E-state index is 13.0. The van der Waals surface area contributed by atoms with E-state index in [4.69, 9.17) is 0 Å². The van der Waals surface area contributed by atoms with Gasteiger partial charge in [0.2, 0.25) is 5.91 Å². The van der Waals surface area contributed by atoms with Gasteiger partial charge in [-0.05, 0) is 49.1 Å². The summed E-state index contributed by atoms with van der Waals surface area (Å²) in [5.74, 6) is -0.880. The van der Waals surface area contributed by atoms with E-state index in [-0.39, 0.29) is 11.3 Å². The summed E-state index contributed by atoms with van der Waals surface area (Å²) in [6, 6.07) is 9.10. The predicted molar refractivity (Wildman–Crippen MR) is 108 cm³/mol. The molecule has 0 bridgehead atoms. The molecule has 3 rings (SSSR count). The van der Waals surface area contributed by atoms with Gasteiger partial charge in [-0.3, -0.25) is 14.5 Å². The molecule has 1 saturated heterocycles. The molecule has 1 aliphatic heterocycles. The van der Waals surface area contributed by atoms with Gasteiger partial charge in [0.25, 0.3) is 5.91 Å². The van der Waals surface area contributed by atoms with Crippen LogP contribution in [0.1, 0.15) is 58.6 Å². The Labute approximate surface area is 171 Å². The van der Waals surface area contributed by atoms with E-state index < -0.39 is 35.5 Å². The Hall–Kier alpha value is -2.88. The van der Waals surface area contributed by atoms with Crippen LogP contribution in [0.2, 0.25) is 0 Å². The zero-order chi connectivity index (χ0) is 21.6. The van der Waals surface area contributed by atoms with Crippen LogP contribution in [0.15, 0.2) is 24.3 Å². The third-order valence-electron chi connectivity index (χ3n) is 5.93. The van der Waals surface area contributed by atoms with Crippen molar-refractivity contribution in [2.24, 2.45) is 5.92 Å². The van der Waals surface area contributed by atoms with E-state index in [0.29, 0.717) is 5.56 Å². The molecule has 1 aliphatic carbocycles. The zero-order valence-corrected chi connectivity index (χ0v) is 17.6. The molecule has 7 nitrogen and oxygen atoms in total. The highest BCUT2D eigenvalue weighted by Gasteiger charge is 2.50. The molecule has 0 aromatic heterocycles. The highest BCUT2D eigenvalue weighted by Crippen LogP contribution is 2.39. The quantitative estimate of drug-likeness (QED) is 0.747. The van der Waals surface area contributed by atoms with E-state index in [9.17, 15) is 19.6 Å². The van der Waals surface area contributed by atoms with Crippen molar-refractivity contribution < 1.29 is 14.4 Å². The van der Waals surface area contributed by atoms with E-state index in [2.05, 4.69) is 37.5 Å². The third kappa shape index (κ3) is 3.84. The molecule has 7 heteroatoms. The second kappa shape index (κ2) is 6.87. The fraction of sp³-hybridized carbons (Fsp3) is 0.545. The maximum atomic E-state index is 13.0. The smallest absolute Gasteiger partial charge is 0.325 e. The summed E-state index contributed by atoms with van der Waals surface area (Å²) in [5.41, 5.74) is -0.451. The lowest BCUT2D eigenvalue weighted by Gasteiger charge is -2.25. The Morgan fingerprint density at radius 1 is 1.24 bits per heavy atom. The molecule has 1 heterocycles. The van der Waals surface area contributed by atoms with Gasteiger partial charge in [0.15, 0.2) is 0 Å². The molecule has 2 unspecified atom stereocenters. The molecule has 29 heavy (non-hydrogen) atoms. The first-order valence-corrected chi connectivity index (χ1v) is 9.88. The van der Waals surface area contributed by atoms with Crippen LogP contribution in [0.4, 0.5) is 4.79 Å². The van der Waals surface area contributed by atoms with Gasteiger partial charge in [-0.2, -0.15) is 5.26 Å². The SMILES string of the molecule is CC(C)(C)c1ccc(C2(C)NC(=O)N(CC(=O)NC(C)(C#N)C3CC3)C2=O)cc1. The molecule has 1 saturated carbocycles. The van der Waals surface area contributed by atoms with Crippen molar-refractivity contribution in [3.8, 4) is 6.07 Å². The first kappa shape index (κ1) is 20.8. The number of imide groups is 1. The number of hydrogen-bond donors (Lipinski definition) is 2. The molecule has 1 aromatic carbocycles. The second-order valence-corrected chi connectivity index (χ2v) is 9.41. The number of nitrogens with zero attached hydrogens (tertiary/aromatic N) is 2. The number of carbonyl (C=O) groups is 3. The lowest BCUT2D eigenvalue weighted by atomic mass is 9.84. The Kier molecular flexibility index (Phi) is 4.94. The monoisotopic (exact) mass is 396 g/mol.